The summed E-state index contributed by atoms with van der Waals surface area (Å²) in [7, 11) is 1.53. The zero-order chi connectivity index (χ0) is 14.5. The average Bonchev–Trinajstić information content (AvgIpc) is 2.46. The highest BCUT2D eigenvalue weighted by Crippen LogP contribution is 2.22. The summed E-state index contributed by atoms with van der Waals surface area (Å²) in [6.45, 7) is 2.64. The van der Waals surface area contributed by atoms with Gasteiger partial charge in [-0.1, -0.05) is 34.1 Å². The topological polar surface area (TPSA) is 21.3 Å². The summed E-state index contributed by atoms with van der Waals surface area (Å²) in [6.07, 6.45) is 0. The van der Waals surface area contributed by atoms with Gasteiger partial charge in [-0.3, -0.25) is 0 Å². The van der Waals surface area contributed by atoms with Crippen molar-refractivity contribution in [2.75, 3.05) is 7.11 Å². The van der Waals surface area contributed by atoms with Crippen molar-refractivity contribution in [3.8, 4) is 5.75 Å². The van der Waals surface area contributed by atoms with Crippen molar-refractivity contribution in [2.45, 2.75) is 19.5 Å². The lowest BCUT2D eigenvalue weighted by Gasteiger charge is -2.15. The molecule has 0 spiro atoms. The first kappa shape index (κ1) is 15.0. The van der Waals surface area contributed by atoms with Crippen LogP contribution in [0, 0.1) is 5.82 Å². The second-order valence-corrected chi connectivity index (χ2v) is 5.53. The van der Waals surface area contributed by atoms with Gasteiger partial charge in [-0.05, 0) is 30.7 Å². The monoisotopic (exact) mass is 337 g/mol. The maximum absolute atomic E-state index is 13.9. The van der Waals surface area contributed by atoms with Crippen molar-refractivity contribution in [3.63, 3.8) is 0 Å². The van der Waals surface area contributed by atoms with E-state index in [4.69, 9.17) is 4.74 Å². The van der Waals surface area contributed by atoms with Crippen LogP contribution in [0.25, 0.3) is 0 Å². The maximum Gasteiger partial charge on any atom is 0.131 e. The molecule has 2 nitrogen and oxygen atoms in total. The highest BCUT2D eigenvalue weighted by atomic mass is 79.9. The van der Waals surface area contributed by atoms with E-state index in [-0.39, 0.29) is 11.9 Å². The zero-order valence-corrected chi connectivity index (χ0v) is 13.1. The molecule has 106 valence electrons. The van der Waals surface area contributed by atoms with E-state index in [9.17, 15) is 4.39 Å². The summed E-state index contributed by atoms with van der Waals surface area (Å²) in [4.78, 5) is 0. The van der Waals surface area contributed by atoms with Gasteiger partial charge in [-0.25, -0.2) is 4.39 Å². The lowest BCUT2D eigenvalue weighted by Crippen LogP contribution is -2.19. The molecule has 2 aromatic rings. The van der Waals surface area contributed by atoms with Gasteiger partial charge < -0.3 is 10.1 Å². The van der Waals surface area contributed by atoms with Crippen molar-refractivity contribution in [2.24, 2.45) is 0 Å². The van der Waals surface area contributed by atoms with Crippen LogP contribution in [0.3, 0.4) is 0 Å². The van der Waals surface area contributed by atoms with Gasteiger partial charge in [0, 0.05) is 28.7 Å². The normalized spacial score (nSPS) is 12.2. The number of hydrogen-bond donors (Lipinski definition) is 1. The van der Waals surface area contributed by atoms with Gasteiger partial charge in [0.2, 0.25) is 0 Å². The van der Waals surface area contributed by atoms with Crippen LogP contribution in [-0.4, -0.2) is 7.11 Å². The summed E-state index contributed by atoms with van der Waals surface area (Å²) in [5, 5.41) is 3.32. The van der Waals surface area contributed by atoms with Gasteiger partial charge in [0.1, 0.15) is 11.6 Å². The highest BCUT2D eigenvalue weighted by Gasteiger charge is 2.11. The van der Waals surface area contributed by atoms with Crippen LogP contribution < -0.4 is 10.1 Å². The van der Waals surface area contributed by atoms with E-state index in [0.29, 0.717) is 17.9 Å². The van der Waals surface area contributed by atoms with Gasteiger partial charge in [0.05, 0.1) is 7.11 Å². The smallest absolute Gasteiger partial charge is 0.131 e. The molecule has 0 fully saturated rings. The Balaban J connectivity index is 2.01. The minimum absolute atomic E-state index is 0.0652. The van der Waals surface area contributed by atoms with Crippen molar-refractivity contribution < 1.29 is 9.13 Å². The molecule has 0 amide bonds. The molecule has 1 unspecified atom stereocenters. The summed E-state index contributed by atoms with van der Waals surface area (Å²) in [5.74, 6) is 0.284. The SMILES string of the molecule is COc1ccc(C(C)NCc2ccc(Br)cc2)c(F)c1. The molecule has 0 heterocycles. The van der Waals surface area contributed by atoms with Crippen LogP contribution >= 0.6 is 15.9 Å². The van der Waals surface area contributed by atoms with Crippen LogP contribution in [0.5, 0.6) is 5.75 Å². The molecule has 2 rings (SSSR count). The Morgan fingerprint density at radius 1 is 1.20 bits per heavy atom. The number of benzene rings is 2. The van der Waals surface area contributed by atoms with E-state index < -0.39 is 0 Å². The fourth-order valence-corrected chi connectivity index (χ4v) is 2.23. The summed E-state index contributed by atoms with van der Waals surface area (Å²) in [6, 6.07) is 12.9. The molecular weight excluding hydrogens is 321 g/mol. The van der Waals surface area contributed by atoms with E-state index in [1.165, 1.54) is 13.2 Å². The molecule has 0 aliphatic carbocycles. The minimum Gasteiger partial charge on any atom is -0.497 e. The Hall–Kier alpha value is -1.39. The molecule has 0 radical (unpaired) electrons. The second-order valence-electron chi connectivity index (χ2n) is 4.62. The molecule has 2 aromatic carbocycles. The summed E-state index contributed by atoms with van der Waals surface area (Å²) < 4.78 is 20.0. The molecular formula is C16H17BrFNO. The largest absolute Gasteiger partial charge is 0.497 e. The van der Waals surface area contributed by atoms with Gasteiger partial charge >= 0.3 is 0 Å². The number of ether oxygens (including phenoxy) is 1. The van der Waals surface area contributed by atoms with E-state index >= 15 is 0 Å². The fraction of sp³-hybridized carbons (Fsp3) is 0.250. The minimum atomic E-state index is -0.250. The summed E-state index contributed by atoms with van der Waals surface area (Å²) >= 11 is 3.40. The predicted octanol–water partition coefficient (Wildman–Crippen LogP) is 4.45. The van der Waals surface area contributed by atoms with Gasteiger partial charge in [0.15, 0.2) is 0 Å². The Morgan fingerprint density at radius 2 is 1.90 bits per heavy atom. The van der Waals surface area contributed by atoms with Crippen LogP contribution in [-0.2, 0) is 6.54 Å². The molecule has 1 atom stereocenters. The standard InChI is InChI=1S/C16H17BrFNO/c1-11(15-8-7-14(20-2)9-16(15)18)19-10-12-3-5-13(17)6-4-12/h3-9,11,19H,10H2,1-2H3. The zero-order valence-electron chi connectivity index (χ0n) is 11.5. The third-order valence-electron chi connectivity index (χ3n) is 3.20. The first-order valence-electron chi connectivity index (χ1n) is 6.41. The third-order valence-corrected chi connectivity index (χ3v) is 3.73. The molecule has 0 aromatic heterocycles. The molecule has 20 heavy (non-hydrogen) atoms. The van der Waals surface area contributed by atoms with Gasteiger partial charge in [-0.15, -0.1) is 0 Å². The number of halogens is 2. The van der Waals surface area contributed by atoms with E-state index in [1.54, 1.807) is 12.1 Å². The first-order valence-corrected chi connectivity index (χ1v) is 7.20. The molecule has 0 aliphatic heterocycles. The first-order chi connectivity index (χ1) is 9.60. The van der Waals surface area contributed by atoms with Crippen LogP contribution in [0.15, 0.2) is 46.9 Å². The predicted molar refractivity (Wildman–Crippen MR) is 82.3 cm³/mol. The average molecular weight is 338 g/mol. The highest BCUT2D eigenvalue weighted by molar-refractivity contribution is 9.10. The van der Waals surface area contributed by atoms with Gasteiger partial charge in [0.25, 0.3) is 0 Å². The van der Waals surface area contributed by atoms with Crippen LogP contribution in [0.2, 0.25) is 0 Å². The van der Waals surface area contributed by atoms with Crippen molar-refractivity contribution in [1.82, 2.24) is 5.32 Å². The molecule has 0 saturated carbocycles. The molecule has 4 heteroatoms. The lowest BCUT2D eigenvalue weighted by atomic mass is 10.1. The Morgan fingerprint density at radius 3 is 2.50 bits per heavy atom. The van der Waals surface area contributed by atoms with Crippen LogP contribution in [0.4, 0.5) is 4.39 Å². The van der Waals surface area contributed by atoms with Crippen molar-refractivity contribution in [3.05, 3.63) is 63.9 Å². The number of nitrogens with one attached hydrogen (secondary N) is 1. The van der Waals surface area contributed by atoms with Gasteiger partial charge in [-0.2, -0.15) is 0 Å². The number of hydrogen-bond acceptors (Lipinski definition) is 2. The summed E-state index contributed by atoms with van der Waals surface area (Å²) in [5.41, 5.74) is 1.80. The van der Waals surface area contributed by atoms with Crippen molar-refractivity contribution >= 4 is 15.9 Å². The Bertz CT molecular complexity index is 571. The van der Waals surface area contributed by atoms with E-state index in [0.717, 1.165) is 10.0 Å². The number of methoxy groups -OCH3 is 1. The molecule has 1 N–H and O–H groups in total. The number of rotatable bonds is 5. The third kappa shape index (κ3) is 3.81. The second kappa shape index (κ2) is 6.86. The lowest BCUT2D eigenvalue weighted by molar-refractivity contribution is 0.409. The quantitative estimate of drug-likeness (QED) is 0.870. The van der Waals surface area contributed by atoms with Crippen LogP contribution in [0.1, 0.15) is 24.1 Å². The van der Waals surface area contributed by atoms with E-state index in [2.05, 4.69) is 21.2 Å². The molecule has 0 aliphatic rings. The Kier molecular flexibility index (Phi) is 5.15. The van der Waals surface area contributed by atoms with Crippen molar-refractivity contribution in [1.29, 1.82) is 0 Å². The molecule has 0 saturated heterocycles. The fourth-order valence-electron chi connectivity index (χ4n) is 1.97. The van der Waals surface area contributed by atoms with E-state index in [1.807, 2.05) is 31.2 Å². The molecule has 0 bridgehead atoms. The maximum atomic E-state index is 13.9. The Labute approximate surface area is 127 Å².